The minimum atomic E-state index is -0.124. The molecule has 0 aliphatic heterocycles. The molecule has 3 aliphatic rings. The van der Waals surface area contributed by atoms with Crippen molar-refractivity contribution in [1.29, 1.82) is 0 Å². The number of aryl methyl sites for hydroxylation is 1. The van der Waals surface area contributed by atoms with E-state index in [9.17, 15) is 9.18 Å². The molecular weight excluding hydrogens is 421 g/mol. The number of benzene rings is 1. The van der Waals surface area contributed by atoms with Gasteiger partial charge < -0.3 is 4.42 Å². The standard InChI is InChI=1S/C25H28FN5O2/c1-13-29-31-24(33-13)28-21(32)9-8-18-19-12-27-30-23(19)25(2)11-10-15-14-4-3-5-20(26)16(14)6-7-17(15)22(18)25/h3-5,12,15,17-18,22H,6-11H2,1-2H3,(H,27,30)(H,28,31,32)/t15?,17?,18-,22?,25+/m1/s1. The summed E-state index contributed by atoms with van der Waals surface area (Å²) in [7, 11) is 0. The van der Waals surface area contributed by atoms with Crippen molar-refractivity contribution in [3.05, 3.63) is 58.5 Å². The number of carbonyl (C=O) groups is 1. The number of rotatable bonds is 4. The zero-order valence-corrected chi connectivity index (χ0v) is 18.9. The Morgan fingerprint density at radius 1 is 1.30 bits per heavy atom. The highest BCUT2D eigenvalue weighted by Crippen LogP contribution is 2.64. The second-order valence-corrected chi connectivity index (χ2v) is 10.1. The van der Waals surface area contributed by atoms with E-state index >= 15 is 0 Å². The van der Waals surface area contributed by atoms with Crippen molar-refractivity contribution < 1.29 is 13.6 Å². The fraction of sp³-hybridized carbons (Fsp3) is 0.520. The molecule has 1 fully saturated rings. The van der Waals surface area contributed by atoms with Gasteiger partial charge in [-0.2, -0.15) is 5.10 Å². The highest BCUT2D eigenvalue weighted by Gasteiger charge is 2.57. The Morgan fingerprint density at radius 2 is 2.18 bits per heavy atom. The highest BCUT2D eigenvalue weighted by atomic mass is 19.1. The molecule has 172 valence electrons. The quantitative estimate of drug-likeness (QED) is 0.598. The second-order valence-electron chi connectivity index (χ2n) is 10.1. The van der Waals surface area contributed by atoms with Gasteiger partial charge in [0, 0.05) is 24.5 Å². The molecule has 6 rings (SSSR count). The molecule has 8 heteroatoms. The summed E-state index contributed by atoms with van der Waals surface area (Å²) in [6.45, 7) is 4.05. The Kier molecular flexibility index (Phi) is 4.67. The van der Waals surface area contributed by atoms with E-state index in [-0.39, 0.29) is 29.1 Å². The van der Waals surface area contributed by atoms with Crippen LogP contribution in [0.5, 0.6) is 0 Å². The van der Waals surface area contributed by atoms with E-state index in [0.717, 1.165) is 37.7 Å². The van der Waals surface area contributed by atoms with Gasteiger partial charge >= 0.3 is 6.01 Å². The topological polar surface area (TPSA) is 96.7 Å². The van der Waals surface area contributed by atoms with Crippen LogP contribution >= 0.6 is 0 Å². The molecule has 1 aromatic carbocycles. The number of anilines is 1. The van der Waals surface area contributed by atoms with Crippen LogP contribution in [-0.2, 0) is 16.6 Å². The summed E-state index contributed by atoms with van der Waals surface area (Å²) in [6, 6.07) is 5.71. The lowest BCUT2D eigenvalue weighted by atomic mass is 9.53. The number of halogens is 1. The van der Waals surface area contributed by atoms with Crippen LogP contribution in [0, 0.1) is 24.6 Å². The molecule has 0 bridgehead atoms. The van der Waals surface area contributed by atoms with Gasteiger partial charge in [0.1, 0.15) is 5.82 Å². The number of hydrogen-bond donors (Lipinski definition) is 2. The van der Waals surface area contributed by atoms with Gasteiger partial charge in [-0.15, -0.1) is 5.10 Å². The number of nitrogens with one attached hydrogen (secondary N) is 2. The molecule has 1 amide bonds. The number of fused-ring (bicyclic) bond motifs is 7. The third-order valence-electron chi connectivity index (χ3n) is 8.50. The average molecular weight is 450 g/mol. The first-order valence-electron chi connectivity index (χ1n) is 11.9. The summed E-state index contributed by atoms with van der Waals surface area (Å²) < 4.78 is 19.8. The lowest BCUT2D eigenvalue weighted by Gasteiger charge is -2.50. The normalized spacial score (nSPS) is 29.7. The van der Waals surface area contributed by atoms with E-state index in [1.165, 1.54) is 16.8 Å². The molecule has 7 nitrogen and oxygen atoms in total. The van der Waals surface area contributed by atoms with Crippen LogP contribution in [0.25, 0.3) is 0 Å². The van der Waals surface area contributed by atoms with Crippen molar-refractivity contribution in [1.82, 2.24) is 20.4 Å². The first-order valence-corrected chi connectivity index (χ1v) is 11.9. The molecule has 33 heavy (non-hydrogen) atoms. The number of nitrogens with zero attached hydrogens (tertiary/aromatic N) is 3. The van der Waals surface area contributed by atoms with Crippen LogP contribution in [-0.4, -0.2) is 26.3 Å². The molecular formula is C25H28FN5O2. The van der Waals surface area contributed by atoms with E-state index < -0.39 is 0 Å². The second kappa shape index (κ2) is 7.50. The van der Waals surface area contributed by atoms with Crippen LogP contribution < -0.4 is 5.32 Å². The van der Waals surface area contributed by atoms with Crippen molar-refractivity contribution in [2.45, 2.75) is 69.6 Å². The third kappa shape index (κ3) is 3.14. The molecule has 1 saturated carbocycles. The summed E-state index contributed by atoms with van der Waals surface area (Å²) in [5, 5.41) is 18.0. The summed E-state index contributed by atoms with van der Waals surface area (Å²) in [4.78, 5) is 12.6. The fourth-order valence-electron chi connectivity index (χ4n) is 7.24. The molecule has 2 N–H and O–H groups in total. The van der Waals surface area contributed by atoms with Gasteiger partial charge in [-0.25, -0.2) is 4.39 Å². The Bertz CT molecular complexity index is 1220. The number of hydrogen-bond acceptors (Lipinski definition) is 5. The highest BCUT2D eigenvalue weighted by molar-refractivity contribution is 5.88. The van der Waals surface area contributed by atoms with E-state index in [2.05, 4.69) is 38.7 Å². The van der Waals surface area contributed by atoms with Gasteiger partial charge in [0.25, 0.3) is 0 Å². The van der Waals surface area contributed by atoms with Crippen LogP contribution in [0.4, 0.5) is 10.4 Å². The molecule has 0 saturated heterocycles. The predicted molar refractivity (Wildman–Crippen MR) is 119 cm³/mol. The van der Waals surface area contributed by atoms with Crippen LogP contribution in [0.15, 0.2) is 28.8 Å². The van der Waals surface area contributed by atoms with Gasteiger partial charge in [-0.3, -0.25) is 15.2 Å². The van der Waals surface area contributed by atoms with E-state index in [1.54, 1.807) is 13.0 Å². The predicted octanol–water partition coefficient (Wildman–Crippen LogP) is 4.77. The largest absolute Gasteiger partial charge is 0.408 e. The monoisotopic (exact) mass is 449 g/mol. The molecule has 3 unspecified atom stereocenters. The van der Waals surface area contributed by atoms with Gasteiger partial charge in [-0.1, -0.05) is 24.2 Å². The zero-order valence-electron chi connectivity index (χ0n) is 18.9. The molecule has 0 radical (unpaired) electrons. The number of amides is 1. The SMILES string of the molecule is Cc1nnc(NC(=O)CC[C@@H]2c3cn[nH]c3[C@@]3(C)CCC4c5cccc(F)c5CCC4C23)o1. The number of aromatic nitrogens is 4. The van der Waals surface area contributed by atoms with Gasteiger partial charge in [0.05, 0.1) is 6.20 Å². The van der Waals surface area contributed by atoms with Crippen LogP contribution in [0.3, 0.4) is 0 Å². The van der Waals surface area contributed by atoms with E-state index in [0.29, 0.717) is 30.1 Å². The number of H-pyrrole nitrogens is 1. The minimum absolute atomic E-state index is 0.00255. The summed E-state index contributed by atoms with van der Waals surface area (Å²) >= 11 is 0. The van der Waals surface area contributed by atoms with Crippen LogP contribution in [0.1, 0.15) is 79.1 Å². The van der Waals surface area contributed by atoms with Crippen molar-refractivity contribution >= 4 is 11.9 Å². The van der Waals surface area contributed by atoms with E-state index in [1.807, 2.05) is 12.3 Å². The van der Waals surface area contributed by atoms with Crippen molar-refractivity contribution in [3.63, 3.8) is 0 Å². The van der Waals surface area contributed by atoms with Gasteiger partial charge in [-0.05, 0) is 78.5 Å². The maximum Gasteiger partial charge on any atom is 0.322 e. The lowest BCUT2D eigenvalue weighted by Crippen LogP contribution is -2.44. The Labute approximate surface area is 191 Å². The zero-order chi connectivity index (χ0) is 22.7. The smallest absolute Gasteiger partial charge is 0.322 e. The van der Waals surface area contributed by atoms with Crippen LogP contribution in [0.2, 0.25) is 0 Å². The average Bonchev–Trinajstić information content (AvgIpc) is 3.49. The molecule has 3 aromatic rings. The Morgan fingerprint density at radius 3 is 3.00 bits per heavy atom. The Balaban J connectivity index is 1.28. The van der Waals surface area contributed by atoms with Crippen molar-refractivity contribution in [2.24, 2.45) is 11.8 Å². The van der Waals surface area contributed by atoms with Gasteiger partial charge in [0.2, 0.25) is 11.8 Å². The number of aromatic amines is 1. The maximum absolute atomic E-state index is 14.5. The first-order chi connectivity index (χ1) is 16.0. The number of carbonyl (C=O) groups excluding carboxylic acids is 1. The molecule has 0 spiro atoms. The summed E-state index contributed by atoms with van der Waals surface area (Å²) in [5.41, 5.74) is 4.59. The summed E-state index contributed by atoms with van der Waals surface area (Å²) in [6.07, 6.45) is 6.90. The molecule has 5 atom stereocenters. The van der Waals surface area contributed by atoms with Crippen molar-refractivity contribution in [2.75, 3.05) is 5.32 Å². The molecule has 2 heterocycles. The summed E-state index contributed by atoms with van der Waals surface area (Å²) in [5.74, 6) is 1.70. The van der Waals surface area contributed by atoms with Gasteiger partial charge in [0.15, 0.2) is 0 Å². The molecule has 2 aromatic heterocycles. The molecule has 3 aliphatic carbocycles. The lowest BCUT2D eigenvalue weighted by molar-refractivity contribution is -0.116. The van der Waals surface area contributed by atoms with Crippen molar-refractivity contribution in [3.8, 4) is 0 Å². The maximum atomic E-state index is 14.5. The minimum Gasteiger partial charge on any atom is -0.408 e. The first kappa shape index (κ1) is 20.6. The third-order valence-corrected chi connectivity index (χ3v) is 8.50. The van der Waals surface area contributed by atoms with E-state index in [4.69, 9.17) is 4.42 Å². The fourth-order valence-corrected chi connectivity index (χ4v) is 7.24. The Hall–Kier alpha value is -3.03.